The van der Waals surface area contributed by atoms with Gasteiger partial charge in [-0.2, -0.15) is 0 Å². The normalized spacial score (nSPS) is 12.9. The number of hydrogen-bond acceptors (Lipinski definition) is 2. The molecular weight excluding hydrogens is 263 g/mol. The third-order valence-electron chi connectivity index (χ3n) is 3.58. The molecule has 108 valence electrons. The summed E-state index contributed by atoms with van der Waals surface area (Å²) >= 11 is 5.77. The second-order valence-electron chi connectivity index (χ2n) is 4.74. The van der Waals surface area contributed by atoms with Gasteiger partial charge >= 0.3 is 0 Å². The van der Waals surface area contributed by atoms with E-state index in [1.807, 2.05) is 7.05 Å². The Labute approximate surface area is 120 Å². The molecule has 1 atom stereocenters. The van der Waals surface area contributed by atoms with Crippen LogP contribution >= 0.6 is 11.6 Å². The molecule has 0 bridgehead atoms. The first-order valence-electron chi connectivity index (χ1n) is 6.94. The Morgan fingerprint density at radius 3 is 2.53 bits per heavy atom. The van der Waals surface area contributed by atoms with Gasteiger partial charge in [-0.1, -0.05) is 31.5 Å². The lowest BCUT2D eigenvalue weighted by Crippen LogP contribution is -2.34. The summed E-state index contributed by atoms with van der Waals surface area (Å²) in [6.07, 6.45) is 1.71. The zero-order valence-electron chi connectivity index (χ0n) is 12.0. The van der Waals surface area contributed by atoms with E-state index in [2.05, 4.69) is 24.1 Å². The molecule has 0 aliphatic carbocycles. The van der Waals surface area contributed by atoms with Gasteiger partial charge in [-0.25, -0.2) is 4.39 Å². The molecular formula is C15H24ClFN2. The lowest BCUT2D eigenvalue weighted by molar-refractivity contribution is 0.283. The molecule has 0 amide bonds. The van der Waals surface area contributed by atoms with Gasteiger partial charge in [0, 0.05) is 11.1 Å². The van der Waals surface area contributed by atoms with Gasteiger partial charge < -0.3 is 10.2 Å². The summed E-state index contributed by atoms with van der Waals surface area (Å²) in [5.74, 6) is -0.212. The first-order chi connectivity index (χ1) is 9.10. The van der Waals surface area contributed by atoms with Gasteiger partial charge in [0.2, 0.25) is 0 Å². The SMILES string of the molecule is CCN(CC)CCC(Cc1ccc(Cl)cc1F)NC. The monoisotopic (exact) mass is 286 g/mol. The molecule has 4 heteroatoms. The number of rotatable bonds is 8. The molecule has 1 N–H and O–H groups in total. The standard InChI is InChI=1S/C15H24ClFN2/c1-4-19(5-2)9-8-14(18-3)10-12-6-7-13(16)11-15(12)17/h6-7,11,14,18H,4-5,8-10H2,1-3H3. The number of nitrogens with one attached hydrogen (secondary N) is 1. The summed E-state index contributed by atoms with van der Waals surface area (Å²) in [5.41, 5.74) is 0.725. The van der Waals surface area contributed by atoms with E-state index in [1.165, 1.54) is 6.07 Å². The van der Waals surface area contributed by atoms with Crippen LogP contribution in [0.4, 0.5) is 4.39 Å². The summed E-state index contributed by atoms with van der Waals surface area (Å²) in [4.78, 5) is 2.38. The maximum absolute atomic E-state index is 13.8. The fourth-order valence-corrected chi connectivity index (χ4v) is 2.34. The zero-order chi connectivity index (χ0) is 14.3. The fourth-order valence-electron chi connectivity index (χ4n) is 2.18. The van der Waals surface area contributed by atoms with Crippen molar-refractivity contribution < 1.29 is 4.39 Å². The maximum Gasteiger partial charge on any atom is 0.127 e. The quantitative estimate of drug-likeness (QED) is 0.788. The van der Waals surface area contributed by atoms with Crippen molar-refractivity contribution in [1.29, 1.82) is 0 Å². The van der Waals surface area contributed by atoms with E-state index in [9.17, 15) is 4.39 Å². The summed E-state index contributed by atoms with van der Waals surface area (Å²) < 4.78 is 13.8. The summed E-state index contributed by atoms with van der Waals surface area (Å²) in [5, 5.41) is 3.72. The van der Waals surface area contributed by atoms with E-state index < -0.39 is 0 Å². The maximum atomic E-state index is 13.8. The Morgan fingerprint density at radius 1 is 1.32 bits per heavy atom. The average Bonchev–Trinajstić information content (AvgIpc) is 2.41. The number of benzene rings is 1. The van der Waals surface area contributed by atoms with Crippen molar-refractivity contribution in [2.75, 3.05) is 26.7 Å². The minimum absolute atomic E-state index is 0.212. The van der Waals surface area contributed by atoms with Gasteiger partial charge in [0.05, 0.1) is 0 Å². The minimum atomic E-state index is -0.212. The molecule has 1 aromatic carbocycles. The van der Waals surface area contributed by atoms with Crippen molar-refractivity contribution in [3.8, 4) is 0 Å². The van der Waals surface area contributed by atoms with E-state index in [1.54, 1.807) is 12.1 Å². The molecule has 0 aromatic heterocycles. The van der Waals surface area contributed by atoms with Gasteiger partial charge in [-0.3, -0.25) is 0 Å². The van der Waals surface area contributed by atoms with Crippen LogP contribution in [0.3, 0.4) is 0 Å². The molecule has 0 aliphatic heterocycles. The first kappa shape index (κ1) is 16.4. The molecule has 1 rings (SSSR count). The molecule has 0 aliphatic rings. The second-order valence-corrected chi connectivity index (χ2v) is 5.18. The van der Waals surface area contributed by atoms with Crippen LogP contribution < -0.4 is 5.32 Å². The van der Waals surface area contributed by atoms with E-state index in [0.717, 1.165) is 31.6 Å². The van der Waals surface area contributed by atoms with Gasteiger partial charge in [-0.05, 0) is 57.2 Å². The van der Waals surface area contributed by atoms with Gasteiger partial charge in [0.1, 0.15) is 5.82 Å². The molecule has 19 heavy (non-hydrogen) atoms. The zero-order valence-corrected chi connectivity index (χ0v) is 12.8. The largest absolute Gasteiger partial charge is 0.317 e. The van der Waals surface area contributed by atoms with Crippen LogP contribution in [-0.2, 0) is 6.42 Å². The Kier molecular flexibility index (Phi) is 7.36. The van der Waals surface area contributed by atoms with Crippen molar-refractivity contribution in [2.24, 2.45) is 0 Å². The lowest BCUT2D eigenvalue weighted by atomic mass is 10.0. The highest BCUT2D eigenvalue weighted by atomic mass is 35.5. The van der Waals surface area contributed by atoms with Gasteiger partial charge in [0.25, 0.3) is 0 Å². The van der Waals surface area contributed by atoms with Gasteiger partial charge in [0.15, 0.2) is 0 Å². The van der Waals surface area contributed by atoms with E-state index in [-0.39, 0.29) is 11.9 Å². The highest BCUT2D eigenvalue weighted by molar-refractivity contribution is 6.30. The smallest absolute Gasteiger partial charge is 0.127 e. The van der Waals surface area contributed by atoms with Crippen molar-refractivity contribution in [2.45, 2.75) is 32.7 Å². The van der Waals surface area contributed by atoms with Crippen LogP contribution in [0.5, 0.6) is 0 Å². The molecule has 0 heterocycles. The minimum Gasteiger partial charge on any atom is -0.317 e. The molecule has 1 unspecified atom stereocenters. The van der Waals surface area contributed by atoms with E-state index in [0.29, 0.717) is 11.4 Å². The molecule has 0 fully saturated rings. The molecule has 2 nitrogen and oxygen atoms in total. The molecule has 0 radical (unpaired) electrons. The van der Waals surface area contributed by atoms with Crippen molar-refractivity contribution in [3.63, 3.8) is 0 Å². The van der Waals surface area contributed by atoms with Crippen molar-refractivity contribution in [3.05, 3.63) is 34.6 Å². The second kappa shape index (κ2) is 8.51. The Balaban J connectivity index is 2.56. The fraction of sp³-hybridized carbons (Fsp3) is 0.600. The van der Waals surface area contributed by atoms with Crippen molar-refractivity contribution in [1.82, 2.24) is 10.2 Å². The van der Waals surface area contributed by atoms with Crippen molar-refractivity contribution >= 4 is 11.6 Å². The highest BCUT2D eigenvalue weighted by Crippen LogP contribution is 2.16. The predicted octanol–water partition coefficient (Wildman–Crippen LogP) is 3.34. The van der Waals surface area contributed by atoms with Crippen LogP contribution in [0, 0.1) is 5.82 Å². The summed E-state index contributed by atoms with van der Waals surface area (Å²) in [6.45, 7) is 7.48. The topological polar surface area (TPSA) is 15.3 Å². The highest BCUT2D eigenvalue weighted by Gasteiger charge is 2.12. The third-order valence-corrected chi connectivity index (χ3v) is 3.81. The molecule has 0 saturated heterocycles. The number of likely N-dealkylation sites (N-methyl/N-ethyl adjacent to an activating group) is 1. The number of hydrogen-bond donors (Lipinski definition) is 1. The lowest BCUT2D eigenvalue weighted by Gasteiger charge is -2.22. The Morgan fingerprint density at radius 2 is 2.00 bits per heavy atom. The average molecular weight is 287 g/mol. The molecule has 1 aromatic rings. The molecule has 0 spiro atoms. The van der Waals surface area contributed by atoms with Crippen LogP contribution in [-0.4, -0.2) is 37.6 Å². The Bertz CT molecular complexity index is 380. The van der Waals surface area contributed by atoms with Crippen LogP contribution in [0.25, 0.3) is 0 Å². The van der Waals surface area contributed by atoms with E-state index in [4.69, 9.17) is 11.6 Å². The Hall–Kier alpha value is -0.640. The number of nitrogens with zero attached hydrogens (tertiary/aromatic N) is 1. The third kappa shape index (κ3) is 5.47. The summed E-state index contributed by atoms with van der Waals surface area (Å²) in [6, 6.07) is 5.20. The summed E-state index contributed by atoms with van der Waals surface area (Å²) in [7, 11) is 1.93. The van der Waals surface area contributed by atoms with Crippen LogP contribution in [0.2, 0.25) is 5.02 Å². The first-order valence-corrected chi connectivity index (χ1v) is 7.32. The van der Waals surface area contributed by atoms with Gasteiger partial charge in [-0.15, -0.1) is 0 Å². The van der Waals surface area contributed by atoms with Crippen LogP contribution in [0.15, 0.2) is 18.2 Å². The number of halogens is 2. The van der Waals surface area contributed by atoms with Crippen LogP contribution in [0.1, 0.15) is 25.8 Å². The van der Waals surface area contributed by atoms with E-state index >= 15 is 0 Å². The predicted molar refractivity (Wildman–Crippen MR) is 80.4 cm³/mol. The molecule has 0 saturated carbocycles.